The van der Waals surface area contributed by atoms with Gasteiger partial charge in [0.05, 0.1) is 17.2 Å². The summed E-state index contributed by atoms with van der Waals surface area (Å²) in [6.45, 7) is 3.60. The van der Waals surface area contributed by atoms with E-state index in [1.165, 1.54) is 0 Å². The van der Waals surface area contributed by atoms with Gasteiger partial charge in [-0.3, -0.25) is 14.3 Å². The van der Waals surface area contributed by atoms with E-state index < -0.39 is 5.92 Å². The van der Waals surface area contributed by atoms with Gasteiger partial charge in [-0.1, -0.05) is 35.0 Å². The lowest BCUT2D eigenvalue weighted by Crippen LogP contribution is -2.22. The number of halogens is 1. The molecule has 0 bridgehead atoms. The number of ketones is 2. The molecule has 2 aromatic rings. The minimum Gasteiger partial charge on any atom is -0.293 e. The molecular weight excluding hydrogens is 332 g/mol. The van der Waals surface area contributed by atoms with Crippen molar-refractivity contribution in [1.29, 1.82) is 0 Å². The molecule has 0 aliphatic heterocycles. The smallest absolute Gasteiger partial charge is 0.176 e. The van der Waals surface area contributed by atoms with Crippen molar-refractivity contribution < 1.29 is 9.59 Å². The van der Waals surface area contributed by atoms with E-state index in [1.54, 1.807) is 43.0 Å². The van der Waals surface area contributed by atoms with Gasteiger partial charge in [0.25, 0.3) is 0 Å². The van der Waals surface area contributed by atoms with Crippen molar-refractivity contribution in [1.82, 2.24) is 9.78 Å². The third kappa shape index (κ3) is 3.29. The Hall–Kier alpha value is -1.75. The summed E-state index contributed by atoms with van der Waals surface area (Å²) in [4.78, 5) is 25.0. The first-order valence-corrected chi connectivity index (χ1v) is 7.59. The molecule has 110 valence electrons. The molecule has 0 spiro atoms. The summed E-state index contributed by atoms with van der Waals surface area (Å²) in [5, 5.41) is 4.26. The first-order chi connectivity index (χ1) is 9.93. The van der Waals surface area contributed by atoms with Crippen LogP contribution in [0.15, 0.2) is 34.9 Å². The molecule has 1 aromatic carbocycles. The maximum atomic E-state index is 12.6. The minimum absolute atomic E-state index is 0.174. The van der Waals surface area contributed by atoms with Gasteiger partial charge in [0.1, 0.15) is 0 Å². The summed E-state index contributed by atoms with van der Waals surface area (Å²) in [6.07, 6.45) is 2.35. The lowest BCUT2D eigenvalue weighted by Gasteiger charge is -2.09. The molecule has 0 saturated carbocycles. The Morgan fingerprint density at radius 2 is 2.05 bits per heavy atom. The van der Waals surface area contributed by atoms with E-state index in [-0.39, 0.29) is 11.6 Å². The Morgan fingerprint density at radius 3 is 2.67 bits per heavy atom. The molecular formula is C16H17BrN2O2. The highest BCUT2D eigenvalue weighted by Crippen LogP contribution is 2.19. The van der Waals surface area contributed by atoms with Crippen molar-refractivity contribution >= 4 is 27.5 Å². The Kier molecular flexibility index (Phi) is 4.73. The van der Waals surface area contributed by atoms with Gasteiger partial charge >= 0.3 is 0 Å². The quantitative estimate of drug-likeness (QED) is 0.614. The fourth-order valence-electron chi connectivity index (χ4n) is 2.25. The Labute approximate surface area is 132 Å². The molecule has 0 saturated heterocycles. The molecule has 0 N–H and O–H groups in total. The number of hydrogen-bond donors (Lipinski definition) is 0. The second-order valence-electron chi connectivity index (χ2n) is 4.98. The molecule has 0 radical (unpaired) electrons. The number of nitrogens with zero attached hydrogens (tertiary/aromatic N) is 2. The topological polar surface area (TPSA) is 52.0 Å². The predicted octanol–water partition coefficient (Wildman–Crippen LogP) is 3.45. The molecule has 1 unspecified atom stereocenters. The summed E-state index contributed by atoms with van der Waals surface area (Å²) in [7, 11) is 1.77. The number of carbonyl (C=O) groups excluding carboxylic acids is 2. The molecule has 5 heteroatoms. The summed E-state index contributed by atoms with van der Waals surface area (Å²) < 4.78 is 2.44. The third-order valence-corrected chi connectivity index (χ3v) is 3.89. The Balaban J connectivity index is 2.28. The van der Waals surface area contributed by atoms with Gasteiger partial charge < -0.3 is 0 Å². The van der Waals surface area contributed by atoms with Crippen molar-refractivity contribution in [3.63, 3.8) is 0 Å². The third-order valence-electron chi connectivity index (χ3n) is 3.40. The molecule has 0 aliphatic rings. The number of Topliss-reactive ketones (excluding diaryl/α,β-unsaturated/α-hetero) is 2. The number of aromatic nitrogens is 2. The second-order valence-corrected chi connectivity index (χ2v) is 5.89. The SMILES string of the molecule is CCc1nn(C)cc1C(=O)C(C)C(=O)c1cccc(Br)c1. The van der Waals surface area contributed by atoms with E-state index in [9.17, 15) is 9.59 Å². The van der Waals surface area contributed by atoms with Gasteiger partial charge in [0.2, 0.25) is 0 Å². The first kappa shape index (κ1) is 15.6. The summed E-state index contributed by atoms with van der Waals surface area (Å²) >= 11 is 3.34. The molecule has 1 heterocycles. The predicted molar refractivity (Wildman–Crippen MR) is 84.6 cm³/mol. The highest BCUT2D eigenvalue weighted by Gasteiger charge is 2.27. The minimum atomic E-state index is -0.714. The summed E-state index contributed by atoms with van der Waals surface area (Å²) in [5.74, 6) is -1.06. The van der Waals surface area contributed by atoms with E-state index in [0.717, 1.165) is 10.2 Å². The van der Waals surface area contributed by atoms with Crippen LogP contribution in [-0.4, -0.2) is 21.3 Å². The molecule has 21 heavy (non-hydrogen) atoms. The fourth-order valence-corrected chi connectivity index (χ4v) is 2.64. The van der Waals surface area contributed by atoms with Gasteiger partial charge in [-0.25, -0.2) is 0 Å². The second kappa shape index (κ2) is 6.35. The highest BCUT2D eigenvalue weighted by molar-refractivity contribution is 9.10. The van der Waals surface area contributed by atoms with E-state index in [1.807, 2.05) is 13.0 Å². The van der Waals surface area contributed by atoms with E-state index in [2.05, 4.69) is 21.0 Å². The zero-order chi connectivity index (χ0) is 15.6. The van der Waals surface area contributed by atoms with Crippen LogP contribution in [-0.2, 0) is 13.5 Å². The van der Waals surface area contributed by atoms with Gasteiger partial charge in [-0.2, -0.15) is 5.10 Å². The number of hydrogen-bond acceptors (Lipinski definition) is 3. The van der Waals surface area contributed by atoms with Crippen molar-refractivity contribution in [3.05, 3.63) is 51.8 Å². The van der Waals surface area contributed by atoms with Crippen LogP contribution in [0, 0.1) is 5.92 Å². The maximum Gasteiger partial charge on any atom is 0.176 e. The average Bonchev–Trinajstić information content (AvgIpc) is 2.86. The van der Waals surface area contributed by atoms with Crippen LogP contribution in [0.25, 0.3) is 0 Å². The maximum absolute atomic E-state index is 12.6. The van der Waals surface area contributed by atoms with E-state index >= 15 is 0 Å². The van der Waals surface area contributed by atoms with Crippen LogP contribution in [0.5, 0.6) is 0 Å². The summed E-state index contributed by atoms with van der Waals surface area (Å²) in [6, 6.07) is 7.09. The van der Waals surface area contributed by atoms with Crippen molar-refractivity contribution in [2.75, 3.05) is 0 Å². The molecule has 2 rings (SSSR count). The van der Waals surface area contributed by atoms with Crippen LogP contribution in [0.1, 0.15) is 40.3 Å². The number of aryl methyl sites for hydroxylation is 2. The number of benzene rings is 1. The molecule has 1 atom stereocenters. The molecule has 0 amide bonds. The highest BCUT2D eigenvalue weighted by atomic mass is 79.9. The largest absolute Gasteiger partial charge is 0.293 e. The van der Waals surface area contributed by atoms with Crippen LogP contribution in [0.4, 0.5) is 0 Å². The monoisotopic (exact) mass is 348 g/mol. The normalized spacial score (nSPS) is 12.2. The number of carbonyl (C=O) groups is 2. The molecule has 1 aromatic heterocycles. The first-order valence-electron chi connectivity index (χ1n) is 6.80. The zero-order valence-electron chi connectivity index (χ0n) is 12.3. The van der Waals surface area contributed by atoms with Crippen molar-refractivity contribution in [2.45, 2.75) is 20.3 Å². The fraction of sp³-hybridized carbons (Fsp3) is 0.312. The van der Waals surface area contributed by atoms with E-state index in [4.69, 9.17) is 0 Å². The van der Waals surface area contributed by atoms with Crippen LogP contribution in [0.2, 0.25) is 0 Å². The van der Waals surface area contributed by atoms with Crippen molar-refractivity contribution in [3.8, 4) is 0 Å². The lowest BCUT2D eigenvalue weighted by molar-refractivity contribution is 0.0820. The number of rotatable bonds is 5. The Bertz CT molecular complexity index is 691. The van der Waals surface area contributed by atoms with Crippen LogP contribution in [0.3, 0.4) is 0 Å². The van der Waals surface area contributed by atoms with Gasteiger partial charge in [0.15, 0.2) is 11.6 Å². The van der Waals surface area contributed by atoms with Gasteiger partial charge in [-0.15, -0.1) is 0 Å². The molecule has 0 aliphatic carbocycles. The van der Waals surface area contributed by atoms with Crippen LogP contribution >= 0.6 is 15.9 Å². The zero-order valence-corrected chi connectivity index (χ0v) is 13.8. The van der Waals surface area contributed by atoms with Gasteiger partial charge in [-0.05, 0) is 25.5 Å². The van der Waals surface area contributed by atoms with E-state index in [0.29, 0.717) is 17.5 Å². The lowest BCUT2D eigenvalue weighted by atomic mass is 9.91. The summed E-state index contributed by atoms with van der Waals surface area (Å²) in [5.41, 5.74) is 1.81. The standard InChI is InChI=1S/C16H17BrN2O2/c1-4-14-13(9-19(3)18-14)16(21)10(2)15(20)11-6-5-7-12(17)8-11/h5-10H,4H2,1-3H3. The average molecular weight is 349 g/mol. The van der Waals surface area contributed by atoms with Crippen molar-refractivity contribution in [2.24, 2.45) is 13.0 Å². The molecule has 0 fully saturated rings. The Morgan fingerprint density at radius 1 is 1.33 bits per heavy atom. The molecule has 4 nitrogen and oxygen atoms in total. The van der Waals surface area contributed by atoms with Gasteiger partial charge in [0, 0.05) is 23.3 Å². The van der Waals surface area contributed by atoms with Crippen LogP contribution < -0.4 is 0 Å².